The number of benzene rings is 1. The summed E-state index contributed by atoms with van der Waals surface area (Å²) < 4.78 is 27.9. The zero-order valence-corrected chi connectivity index (χ0v) is 9.37. The van der Waals surface area contributed by atoms with Gasteiger partial charge in [-0.2, -0.15) is 8.78 Å². The van der Waals surface area contributed by atoms with E-state index in [0.717, 1.165) is 12.8 Å². The summed E-state index contributed by atoms with van der Waals surface area (Å²) in [6.45, 7) is 0.704. The number of nitrogens with two attached hydrogens (primary N) is 1. The number of allylic oxidation sites excluding steroid dienone is 2. The molecule has 2 nitrogen and oxygen atoms in total. The van der Waals surface area contributed by atoms with E-state index in [0.29, 0.717) is 12.3 Å². The lowest BCUT2D eigenvalue weighted by molar-refractivity contribution is 0.0364. The highest BCUT2D eigenvalue weighted by molar-refractivity contribution is 5.96. The average Bonchev–Trinajstić information content (AvgIpc) is 2.83. The molecule has 0 aromatic heterocycles. The fraction of sp³-hybridized carbons (Fsp3) is 0.308. The lowest BCUT2D eigenvalue weighted by Crippen LogP contribution is -2.23. The van der Waals surface area contributed by atoms with Gasteiger partial charge in [0.1, 0.15) is 0 Å². The molecule has 0 radical (unpaired) electrons. The van der Waals surface area contributed by atoms with Crippen molar-refractivity contribution in [1.29, 1.82) is 0 Å². The van der Waals surface area contributed by atoms with E-state index < -0.39 is 11.6 Å². The van der Waals surface area contributed by atoms with Gasteiger partial charge in [0.25, 0.3) is 0 Å². The third-order valence-electron chi connectivity index (χ3n) is 2.73. The molecule has 0 bridgehead atoms. The van der Waals surface area contributed by atoms with Gasteiger partial charge in [-0.05, 0) is 18.9 Å². The Labute approximate surface area is 98.9 Å². The van der Waals surface area contributed by atoms with Crippen LogP contribution in [-0.2, 0) is 5.92 Å². The molecule has 1 aliphatic heterocycles. The lowest BCUT2D eigenvalue weighted by Gasteiger charge is -2.17. The number of rotatable bonds is 3. The van der Waals surface area contributed by atoms with Crippen LogP contribution in [0.3, 0.4) is 0 Å². The zero-order valence-electron chi connectivity index (χ0n) is 9.37. The minimum Gasteiger partial charge on any atom is -0.397 e. The summed E-state index contributed by atoms with van der Waals surface area (Å²) in [6.07, 6.45) is 2.95. The smallest absolute Gasteiger partial charge is 0.312 e. The molecule has 4 heteroatoms. The molecule has 0 unspecified atom stereocenters. The molecular formula is C13H14F2N2. The highest BCUT2D eigenvalue weighted by Gasteiger charge is 2.34. The molecule has 2 rings (SSSR count). The Morgan fingerprint density at radius 1 is 1.29 bits per heavy atom. The van der Waals surface area contributed by atoms with E-state index in [1.807, 2.05) is 0 Å². The van der Waals surface area contributed by atoms with Gasteiger partial charge in [0.15, 0.2) is 0 Å². The Bertz CT molecular complexity index is 450. The van der Waals surface area contributed by atoms with Gasteiger partial charge in [0.05, 0.1) is 5.70 Å². The molecule has 0 spiro atoms. The van der Waals surface area contributed by atoms with Crippen molar-refractivity contribution < 1.29 is 8.78 Å². The molecular weight excluding hydrogens is 222 g/mol. The second kappa shape index (κ2) is 4.65. The number of aliphatic imine (C=N–C) groups is 1. The first-order chi connectivity index (χ1) is 8.10. The van der Waals surface area contributed by atoms with Crippen LogP contribution in [-0.4, -0.2) is 12.3 Å². The van der Waals surface area contributed by atoms with Crippen molar-refractivity contribution in [1.82, 2.24) is 0 Å². The van der Waals surface area contributed by atoms with E-state index in [4.69, 9.17) is 5.73 Å². The molecule has 0 atom stereocenters. The molecule has 2 N–H and O–H groups in total. The lowest BCUT2D eigenvalue weighted by atomic mass is 10.0. The summed E-state index contributed by atoms with van der Waals surface area (Å²) >= 11 is 0. The fourth-order valence-corrected chi connectivity index (χ4v) is 1.76. The number of hydrogen-bond donors (Lipinski definition) is 1. The predicted molar refractivity (Wildman–Crippen MR) is 64.1 cm³/mol. The molecule has 1 aliphatic rings. The van der Waals surface area contributed by atoms with Crippen molar-refractivity contribution >= 4 is 5.71 Å². The first-order valence-electron chi connectivity index (χ1n) is 5.55. The van der Waals surface area contributed by atoms with Crippen LogP contribution in [0.1, 0.15) is 18.4 Å². The quantitative estimate of drug-likeness (QED) is 0.861. The first kappa shape index (κ1) is 11.8. The number of alkyl halides is 2. The van der Waals surface area contributed by atoms with Gasteiger partial charge in [-0.25, -0.2) is 0 Å². The largest absolute Gasteiger partial charge is 0.397 e. The normalized spacial score (nSPS) is 17.1. The van der Waals surface area contributed by atoms with E-state index in [1.165, 1.54) is 18.2 Å². The van der Waals surface area contributed by atoms with Gasteiger partial charge in [-0.1, -0.05) is 30.3 Å². The van der Waals surface area contributed by atoms with Crippen molar-refractivity contribution in [2.24, 2.45) is 10.7 Å². The molecule has 0 saturated carbocycles. The van der Waals surface area contributed by atoms with Crippen LogP contribution in [0.15, 0.2) is 47.1 Å². The second-order valence-electron chi connectivity index (χ2n) is 4.02. The zero-order chi connectivity index (χ0) is 12.3. The van der Waals surface area contributed by atoms with E-state index in [-0.39, 0.29) is 5.56 Å². The van der Waals surface area contributed by atoms with Gasteiger partial charge in [-0.3, -0.25) is 4.99 Å². The Morgan fingerprint density at radius 2 is 2.00 bits per heavy atom. The summed E-state index contributed by atoms with van der Waals surface area (Å²) in [5.41, 5.74) is 5.63. The van der Waals surface area contributed by atoms with Crippen molar-refractivity contribution in [3.8, 4) is 0 Å². The highest BCUT2D eigenvalue weighted by Crippen LogP contribution is 2.33. The summed E-state index contributed by atoms with van der Waals surface area (Å²) in [5, 5.41) is 0. The maximum absolute atomic E-state index is 14.0. The summed E-state index contributed by atoms with van der Waals surface area (Å²) in [6, 6.07) is 7.59. The Hall–Kier alpha value is -1.71. The van der Waals surface area contributed by atoms with E-state index in [2.05, 4.69) is 4.99 Å². The molecule has 90 valence electrons. The number of nitrogens with zero attached hydrogens (tertiary/aromatic N) is 1. The van der Waals surface area contributed by atoms with Crippen LogP contribution in [0.2, 0.25) is 0 Å². The monoisotopic (exact) mass is 236 g/mol. The van der Waals surface area contributed by atoms with Gasteiger partial charge >= 0.3 is 5.92 Å². The Morgan fingerprint density at radius 3 is 2.59 bits per heavy atom. The Balaban J connectivity index is 2.26. The summed E-state index contributed by atoms with van der Waals surface area (Å²) in [4.78, 5) is 4.11. The van der Waals surface area contributed by atoms with Crippen molar-refractivity contribution in [3.63, 3.8) is 0 Å². The van der Waals surface area contributed by atoms with Crippen LogP contribution in [0.4, 0.5) is 8.78 Å². The standard InChI is InChI=1S/C13H14F2N2/c14-13(15,10-5-2-1-3-6-10)12(16)9-11-7-4-8-17-11/h1-3,5-6,9H,4,7-8,16H2/b12-9-. The molecule has 1 aromatic rings. The maximum atomic E-state index is 14.0. The van der Waals surface area contributed by atoms with Crippen molar-refractivity contribution in [3.05, 3.63) is 47.7 Å². The van der Waals surface area contributed by atoms with Crippen molar-refractivity contribution in [2.45, 2.75) is 18.8 Å². The van der Waals surface area contributed by atoms with Crippen LogP contribution in [0.25, 0.3) is 0 Å². The van der Waals surface area contributed by atoms with E-state index in [9.17, 15) is 8.78 Å². The molecule has 17 heavy (non-hydrogen) atoms. The number of hydrogen-bond acceptors (Lipinski definition) is 2. The average molecular weight is 236 g/mol. The second-order valence-corrected chi connectivity index (χ2v) is 4.02. The van der Waals surface area contributed by atoms with Crippen LogP contribution in [0, 0.1) is 0 Å². The highest BCUT2D eigenvalue weighted by atomic mass is 19.3. The fourth-order valence-electron chi connectivity index (χ4n) is 1.76. The summed E-state index contributed by atoms with van der Waals surface area (Å²) in [5.74, 6) is -3.13. The minimum absolute atomic E-state index is 0.0904. The number of halogens is 2. The minimum atomic E-state index is -3.13. The molecule has 0 amide bonds. The molecule has 0 fully saturated rings. The van der Waals surface area contributed by atoms with Gasteiger partial charge < -0.3 is 5.73 Å². The predicted octanol–water partition coefficient (Wildman–Crippen LogP) is 2.86. The topological polar surface area (TPSA) is 38.4 Å². The van der Waals surface area contributed by atoms with Crippen molar-refractivity contribution in [2.75, 3.05) is 6.54 Å². The molecule has 0 aliphatic carbocycles. The van der Waals surface area contributed by atoms with E-state index in [1.54, 1.807) is 18.2 Å². The Kier molecular flexibility index (Phi) is 3.22. The van der Waals surface area contributed by atoms with Crippen LogP contribution in [0.5, 0.6) is 0 Å². The third kappa shape index (κ3) is 2.52. The maximum Gasteiger partial charge on any atom is 0.312 e. The summed E-state index contributed by atoms with van der Waals surface area (Å²) in [7, 11) is 0. The van der Waals surface area contributed by atoms with Gasteiger partial charge in [0, 0.05) is 17.8 Å². The SMILES string of the molecule is N/C(=C\C1=NCCC1)C(F)(F)c1ccccc1. The molecule has 1 aromatic carbocycles. The van der Waals surface area contributed by atoms with Crippen LogP contribution < -0.4 is 5.73 Å². The molecule has 1 heterocycles. The molecule has 0 saturated heterocycles. The third-order valence-corrected chi connectivity index (χ3v) is 2.73. The van der Waals surface area contributed by atoms with E-state index >= 15 is 0 Å². The first-order valence-corrected chi connectivity index (χ1v) is 5.55. The van der Waals surface area contributed by atoms with Crippen LogP contribution >= 0.6 is 0 Å². The van der Waals surface area contributed by atoms with Gasteiger partial charge in [0.2, 0.25) is 0 Å². The van der Waals surface area contributed by atoms with Gasteiger partial charge in [-0.15, -0.1) is 0 Å².